The highest BCUT2D eigenvalue weighted by Crippen LogP contribution is 2.24. The highest BCUT2D eigenvalue weighted by Gasteiger charge is 2.12. The highest BCUT2D eigenvalue weighted by atomic mass is 16.6. The van der Waals surface area contributed by atoms with Crippen LogP contribution in [0.5, 0.6) is 5.75 Å². The van der Waals surface area contributed by atoms with Crippen LogP contribution in [0.3, 0.4) is 0 Å². The van der Waals surface area contributed by atoms with Crippen LogP contribution in [0, 0.1) is 23.0 Å². The van der Waals surface area contributed by atoms with E-state index in [9.17, 15) is 10.1 Å². The van der Waals surface area contributed by atoms with E-state index in [1.54, 1.807) is 19.1 Å². The van der Waals surface area contributed by atoms with Crippen LogP contribution in [-0.4, -0.2) is 25.1 Å². The third-order valence-corrected chi connectivity index (χ3v) is 2.46. The maximum Gasteiger partial charge on any atom is 0.275 e. The number of hydrogen-bond acceptors (Lipinski definition) is 4. The topological polar surface area (TPSA) is 64.4 Å². The minimum absolute atomic E-state index is 0.101. The zero-order chi connectivity index (χ0) is 12.8. The number of nitrogens with zero attached hydrogens (tertiary/aromatic N) is 1. The van der Waals surface area contributed by atoms with E-state index < -0.39 is 0 Å². The van der Waals surface area contributed by atoms with Crippen molar-refractivity contribution in [3.8, 4) is 5.75 Å². The normalized spacial score (nSPS) is 12.2. The third-order valence-electron chi connectivity index (χ3n) is 2.46. The van der Waals surface area contributed by atoms with E-state index >= 15 is 0 Å². The van der Waals surface area contributed by atoms with Gasteiger partial charge in [0.15, 0.2) is 0 Å². The maximum absolute atomic E-state index is 10.8. The van der Waals surface area contributed by atoms with Crippen molar-refractivity contribution in [3.05, 3.63) is 33.9 Å². The van der Waals surface area contributed by atoms with Crippen LogP contribution < -0.4 is 10.1 Å². The fourth-order valence-electron chi connectivity index (χ4n) is 1.52. The summed E-state index contributed by atoms with van der Waals surface area (Å²) in [6.07, 6.45) is 0. The molecule has 1 N–H and O–H groups in total. The van der Waals surface area contributed by atoms with Gasteiger partial charge in [-0.05, 0) is 26.1 Å². The second-order valence-corrected chi connectivity index (χ2v) is 4.18. The summed E-state index contributed by atoms with van der Waals surface area (Å²) in [5, 5.41) is 13.8. The van der Waals surface area contributed by atoms with Gasteiger partial charge in [-0.1, -0.05) is 6.92 Å². The monoisotopic (exact) mass is 238 g/mol. The van der Waals surface area contributed by atoms with E-state index in [2.05, 4.69) is 12.2 Å². The Morgan fingerprint density at radius 1 is 1.53 bits per heavy atom. The Balaban J connectivity index is 2.66. The lowest BCUT2D eigenvalue weighted by atomic mass is 10.2. The van der Waals surface area contributed by atoms with Crippen molar-refractivity contribution in [3.63, 3.8) is 0 Å². The predicted octanol–water partition coefficient (Wildman–Crippen LogP) is 2.14. The Kier molecular flexibility index (Phi) is 4.90. The van der Waals surface area contributed by atoms with E-state index in [0.717, 1.165) is 6.54 Å². The van der Waals surface area contributed by atoms with Gasteiger partial charge in [0, 0.05) is 18.0 Å². The molecule has 1 aromatic carbocycles. The Bertz CT molecular complexity index is 393. The number of ether oxygens (including phenoxy) is 1. The summed E-state index contributed by atoms with van der Waals surface area (Å²) in [4.78, 5) is 10.4. The van der Waals surface area contributed by atoms with Crippen molar-refractivity contribution >= 4 is 5.69 Å². The summed E-state index contributed by atoms with van der Waals surface area (Å²) in [7, 11) is 1.88. The van der Waals surface area contributed by atoms with Crippen molar-refractivity contribution in [1.29, 1.82) is 0 Å². The second kappa shape index (κ2) is 6.20. The van der Waals surface area contributed by atoms with Crippen molar-refractivity contribution in [2.45, 2.75) is 13.8 Å². The quantitative estimate of drug-likeness (QED) is 0.609. The molecule has 0 aromatic heterocycles. The summed E-state index contributed by atoms with van der Waals surface area (Å²) >= 11 is 0. The minimum Gasteiger partial charge on any atom is -0.493 e. The number of aryl methyl sites for hydroxylation is 1. The molecule has 1 unspecified atom stereocenters. The standard InChI is InChI=1S/C12H18N2O3/c1-9(7-13-3)8-17-11-5-4-10(2)12(6-11)14(15)16/h4-6,9,13H,7-8H2,1-3H3. The van der Waals surface area contributed by atoms with E-state index in [1.807, 2.05) is 7.05 Å². The molecule has 0 radical (unpaired) electrons. The first kappa shape index (κ1) is 13.4. The summed E-state index contributed by atoms with van der Waals surface area (Å²) in [5.41, 5.74) is 0.745. The number of nitro groups is 1. The molecule has 1 atom stereocenters. The fraction of sp³-hybridized carbons (Fsp3) is 0.500. The lowest BCUT2D eigenvalue weighted by Gasteiger charge is -2.12. The Morgan fingerprint density at radius 3 is 2.82 bits per heavy atom. The molecular formula is C12H18N2O3. The molecule has 0 heterocycles. The average Bonchev–Trinajstić information content (AvgIpc) is 2.28. The van der Waals surface area contributed by atoms with Crippen LogP contribution in [0.2, 0.25) is 0 Å². The molecule has 0 aliphatic carbocycles. The van der Waals surface area contributed by atoms with Gasteiger partial charge in [0.05, 0.1) is 17.6 Å². The van der Waals surface area contributed by atoms with Crippen molar-refractivity contribution in [2.75, 3.05) is 20.2 Å². The van der Waals surface area contributed by atoms with Crippen LogP contribution in [0.15, 0.2) is 18.2 Å². The molecule has 0 fully saturated rings. The molecule has 94 valence electrons. The largest absolute Gasteiger partial charge is 0.493 e. The maximum atomic E-state index is 10.8. The van der Waals surface area contributed by atoms with Gasteiger partial charge in [0.1, 0.15) is 5.75 Å². The van der Waals surface area contributed by atoms with E-state index in [-0.39, 0.29) is 10.6 Å². The molecule has 0 aliphatic heterocycles. The Hall–Kier alpha value is -1.62. The van der Waals surface area contributed by atoms with Crippen LogP contribution in [0.4, 0.5) is 5.69 Å². The van der Waals surface area contributed by atoms with E-state index in [1.165, 1.54) is 6.07 Å². The zero-order valence-electron chi connectivity index (χ0n) is 10.4. The van der Waals surface area contributed by atoms with Crippen LogP contribution >= 0.6 is 0 Å². The van der Waals surface area contributed by atoms with Crippen LogP contribution in [-0.2, 0) is 0 Å². The van der Waals surface area contributed by atoms with Crippen LogP contribution in [0.1, 0.15) is 12.5 Å². The molecule has 0 bridgehead atoms. The van der Waals surface area contributed by atoms with Gasteiger partial charge < -0.3 is 10.1 Å². The third kappa shape index (κ3) is 4.03. The minimum atomic E-state index is -0.390. The molecule has 5 nitrogen and oxygen atoms in total. The fourth-order valence-corrected chi connectivity index (χ4v) is 1.52. The number of rotatable bonds is 6. The molecular weight excluding hydrogens is 220 g/mol. The summed E-state index contributed by atoms with van der Waals surface area (Å²) in [6, 6.07) is 4.94. The predicted molar refractivity (Wildman–Crippen MR) is 66.4 cm³/mol. The smallest absolute Gasteiger partial charge is 0.275 e. The molecule has 17 heavy (non-hydrogen) atoms. The molecule has 0 amide bonds. The number of hydrogen-bond donors (Lipinski definition) is 1. The summed E-state index contributed by atoms with van der Waals surface area (Å²) < 4.78 is 5.52. The Labute approximate surface area is 101 Å². The van der Waals surface area contributed by atoms with Crippen molar-refractivity contribution < 1.29 is 9.66 Å². The van der Waals surface area contributed by atoms with Gasteiger partial charge in [-0.15, -0.1) is 0 Å². The highest BCUT2D eigenvalue weighted by molar-refractivity contribution is 5.45. The Morgan fingerprint density at radius 2 is 2.24 bits per heavy atom. The van der Waals surface area contributed by atoms with Crippen molar-refractivity contribution in [2.24, 2.45) is 5.92 Å². The first-order valence-corrected chi connectivity index (χ1v) is 5.57. The number of benzene rings is 1. The molecule has 5 heteroatoms. The van der Waals surface area contributed by atoms with E-state index in [4.69, 9.17) is 4.74 Å². The van der Waals surface area contributed by atoms with Crippen LogP contribution in [0.25, 0.3) is 0 Å². The second-order valence-electron chi connectivity index (χ2n) is 4.18. The summed E-state index contributed by atoms with van der Waals surface area (Å²) in [5.74, 6) is 0.908. The zero-order valence-corrected chi connectivity index (χ0v) is 10.4. The lowest BCUT2D eigenvalue weighted by molar-refractivity contribution is -0.385. The van der Waals surface area contributed by atoms with Gasteiger partial charge in [0.2, 0.25) is 0 Å². The summed E-state index contributed by atoms with van der Waals surface area (Å²) in [6.45, 7) is 5.17. The first-order chi connectivity index (χ1) is 8.04. The number of nitro benzene ring substituents is 1. The SMILES string of the molecule is CNCC(C)COc1ccc(C)c([N+](=O)[O-])c1. The molecule has 1 aromatic rings. The molecule has 0 saturated heterocycles. The molecule has 0 aliphatic rings. The number of nitrogens with one attached hydrogen (secondary N) is 1. The molecule has 0 saturated carbocycles. The van der Waals surface area contributed by atoms with Gasteiger partial charge in [0.25, 0.3) is 5.69 Å². The molecule has 0 spiro atoms. The van der Waals surface area contributed by atoms with Gasteiger partial charge in [-0.25, -0.2) is 0 Å². The van der Waals surface area contributed by atoms with Gasteiger partial charge in [-0.2, -0.15) is 0 Å². The van der Waals surface area contributed by atoms with Crippen molar-refractivity contribution in [1.82, 2.24) is 5.32 Å². The van der Waals surface area contributed by atoms with Gasteiger partial charge in [-0.3, -0.25) is 10.1 Å². The van der Waals surface area contributed by atoms with Gasteiger partial charge >= 0.3 is 0 Å². The van der Waals surface area contributed by atoms with E-state index in [0.29, 0.717) is 23.8 Å². The lowest BCUT2D eigenvalue weighted by Crippen LogP contribution is -2.21. The first-order valence-electron chi connectivity index (χ1n) is 5.57. The molecule has 1 rings (SSSR count). The average molecular weight is 238 g/mol.